The molecule has 0 aromatic heterocycles. The zero-order valence-electron chi connectivity index (χ0n) is 14.9. The number of carboxylic acid groups (broad SMARTS) is 1. The van der Waals surface area contributed by atoms with Crippen LogP contribution >= 0.6 is 0 Å². The van der Waals surface area contributed by atoms with Crippen molar-refractivity contribution in [3.05, 3.63) is 0 Å². The summed E-state index contributed by atoms with van der Waals surface area (Å²) in [4.78, 5) is 9.00. The molecule has 0 bridgehead atoms. The standard InChI is InChI=1S/C5H14N2O.2C4H10.C2H4O2.Sn/c1-5(4-8)7-3-2-6;2*1-3-4-2;1-2(3)4;/h5,7-8H,2-4,6H2,1H3;2*3-4H2,1-2H3;1H3,(H,3,4);. The van der Waals surface area contributed by atoms with E-state index in [1.807, 2.05) is 6.92 Å². The number of carboxylic acids is 1. The second kappa shape index (κ2) is 36.9. The Balaban J connectivity index is -0.0000000570. The van der Waals surface area contributed by atoms with Crippen LogP contribution in [-0.2, 0) is 4.79 Å². The van der Waals surface area contributed by atoms with Gasteiger partial charge in [-0.2, -0.15) is 0 Å². The van der Waals surface area contributed by atoms with Gasteiger partial charge in [-0.05, 0) is 6.92 Å². The molecule has 0 saturated carbocycles. The van der Waals surface area contributed by atoms with Crippen molar-refractivity contribution in [3.8, 4) is 0 Å². The molecule has 0 heterocycles. The van der Waals surface area contributed by atoms with Crippen LogP contribution in [-0.4, -0.2) is 65.8 Å². The first-order valence-electron chi connectivity index (χ1n) is 7.61. The Kier molecular flexibility index (Phi) is 57.9. The third-order valence-electron chi connectivity index (χ3n) is 1.91. The van der Waals surface area contributed by atoms with Crippen LogP contribution in [0.3, 0.4) is 0 Å². The van der Waals surface area contributed by atoms with E-state index in [-0.39, 0.29) is 36.6 Å². The van der Waals surface area contributed by atoms with Gasteiger partial charge in [0.2, 0.25) is 0 Å². The van der Waals surface area contributed by atoms with Crippen LogP contribution < -0.4 is 11.1 Å². The van der Waals surface area contributed by atoms with Crippen LogP contribution in [0, 0.1) is 0 Å². The molecule has 0 fully saturated rings. The first-order valence-corrected chi connectivity index (χ1v) is 7.61. The van der Waals surface area contributed by atoms with Gasteiger partial charge in [-0.1, -0.05) is 53.4 Å². The molecule has 21 heavy (non-hydrogen) atoms. The zero-order valence-corrected chi connectivity index (χ0v) is 17.8. The number of carbonyl (C=O) groups is 1. The van der Waals surface area contributed by atoms with Crippen LogP contribution in [0.25, 0.3) is 0 Å². The maximum absolute atomic E-state index is 9.00. The fraction of sp³-hybridized carbons (Fsp3) is 0.933. The minimum absolute atomic E-state index is 0. The number of rotatable bonds is 6. The van der Waals surface area contributed by atoms with Gasteiger partial charge in [-0.3, -0.25) is 4.79 Å². The van der Waals surface area contributed by atoms with E-state index in [0.29, 0.717) is 6.54 Å². The van der Waals surface area contributed by atoms with Gasteiger partial charge in [-0.25, -0.2) is 0 Å². The molecule has 0 aliphatic rings. The summed E-state index contributed by atoms with van der Waals surface area (Å²) in [6.07, 6.45) is 5.28. The Morgan fingerprint density at radius 1 is 1.10 bits per heavy atom. The van der Waals surface area contributed by atoms with Gasteiger partial charge in [0, 0.05) is 50.0 Å². The van der Waals surface area contributed by atoms with Crippen LogP contribution in [0.1, 0.15) is 67.2 Å². The molecular formula is C15H38N2O3Sn. The fourth-order valence-corrected chi connectivity index (χ4v) is 0.394. The summed E-state index contributed by atoms with van der Waals surface area (Å²) in [6, 6.07) is 0.179. The molecule has 4 radical (unpaired) electrons. The number of aliphatic hydroxyl groups excluding tert-OH is 1. The van der Waals surface area contributed by atoms with E-state index in [1.54, 1.807) is 0 Å². The minimum atomic E-state index is -0.833. The number of hydrogen-bond acceptors (Lipinski definition) is 4. The van der Waals surface area contributed by atoms with Gasteiger partial charge in [0.15, 0.2) is 0 Å². The Morgan fingerprint density at radius 2 is 1.38 bits per heavy atom. The van der Waals surface area contributed by atoms with Gasteiger partial charge in [0.05, 0.1) is 6.61 Å². The number of aliphatic hydroxyl groups is 1. The summed E-state index contributed by atoms with van der Waals surface area (Å²) in [6.45, 7) is 13.3. The molecule has 0 amide bonds. The molecule has 0 aliphatic carbocycles. The van der Waals surface area contributed by atoms with Crippen molar-refractivity contribution >= 4 is 29.9 Å². The molecule has 0 spiro atoms. The molecule has 5 N–H and O–H groups in total. The van der Waals surface area contributed by atoms with Crippen molar-refractivity contribution in [2.45, 2.75) is 73.3 Å². The smallest absolute Gasteiger partial charge is 0.300 e. The van der Waals surface area contributed by atoms with E-state index in [1.165, 1.54) is 25.7 Å². The Bertz CT molecular complexity index is 150. The third kappa shape index (κ3) is 99.9. The first-order chi connectivity index (χ1) is 9.37. The van der Waals surface area contributed by atoms with Gasteiger partial charge >= 0.3 is 0 Å². The molecule has 0 aliphatic heterocycles. The van der Waals surface area contributed by atoms with Gasteiger partial charge in [0.1, 0.15) is 0 Å². The van der Waals surface area contributed by atoms with Crippen molar-refractivity contribution in [1.29, 1.82) is 0 Å². The zero-order chi connectivity index (χ0) is 16.8. The maximum Gasteiger partial charge on any atom is 0.300 e. The Morgan fingerprint density at radius 3 is 1.52 bits per heavy atom. The van der Waals surface area contributed by atoms with Crippen molar-refractivity contribution in [3.63, 3.8) is 0 Å². The molecular weight excluding hydrogens is 375 g/mol. The largest absolute Gasteiger partial charge is 0.481 e. The fourth-order valence-electron chi connectivity index (χ4n) is 0.394. The summed E-state index contributed by atoms with van der Waals surface area (Å²) >= 11 is 0. The quantitative estimate of drug-likeness (QED) is 0.501. The summed E-state index contributed by atoms with van der Waals surface area (Å²) in [5.74, 6) is -0.833. The normalized spacial score (nSPS) is 9.33. The molecule has 0 aromatic carbocycles. The summed E-state index contributed by atoms with van der Waals surface area (Å²) in [5, 5.41) is 18.9. The van der Waals surface area contributed by atoms with Crippen LogP contribution in [0.2, 0.25) is 0 Å². The van der Waals surface area contributed by atoms with E-state index in [9.17, 15) is 0 Å². The first kappa shape index (κ1) is 32.9. The van der Waals surface area contributed by atoms with Crippen molar-refractivity contribution in [2.24, 2.45) is 5.73 Å². The van der Waals surface area contributed by atoms with Crippen molar-refractivity contribution < 1.29 is 15.0 Å². The average molecular weight is 413 g/mol. The Hall–Kier alpha value is 0.149. The van der Waals surface area contributed by atoms with Crippen LogP contribution in [0.4, 0.5) is 0 Å². The number of hydrogen-bond donors (Lipinski definition) is 4. The van der Waals surface area contributed by atoms with Crippen LogP contribution in [0.5, 0.6) is 0 Å². The molecule has 6 heteroatoms. The summed E-state index contributed by atoms with van der Waals surface area (Å²) in [7, 11) is 0. The topological polar surface area (TPSA) is 95.6 Å². The second-order valence-corrected chi connectivity index (χ2v) is 4.35. The molecule has 130 valence electrons. The molecule has 5 nitrogen and oxygen atoms in total. The van der Waals surface area contributed by atoms with Gasteiger partial charge in [0.25, 0.3) is 5.97 Å². The predicted molar refractivity (Wildman–Crippen MR) is 93.8 cm³/mol. The second-order valence-electron chi connectivity index (χ2n) is 4.35. The molecule has 0 rings (SSSR count). The van der Waals surface area contributed by atoms with E-state index >= 15 is 0 Å². The van der Waals surface area contributed by atoms with E-state index in [0.717, 1.165) is 13.5 Å². The van der Waals surface area contributed by atoms with Crippen molar-refractivity contribution in [1.82, 2.24) is 5.32 Å². The SMILES string of the molecule is CC(=O)O.CC(CO)NCCN.CCCC.CCCC.[Sn]. The molecule has 0 saturated heterocycles. The van der Waals surface area contributed by atoms with Gasteiger partial charge < -0.3 is 21.3 Å². The monoisotopic (exact) mass is 414 g/mol. The number of unbranched alkanes of at least 4 members (excludes halogenated alkanes) is 2. The van der Waals surface area contributed by atoms with Gasteiger partial charge in [-0.15, -0.1) is 0 Å². The molecule has 0 aromatic rings. The van der Waals surface area contributed by atoms with Crippen LogP contribution in [0.15, 0.2) is 0 Å². The third-order valence-corrected chi connectivity index (χ3v) is 1.91. The average Bonchev–Trinajstić information content (AvgIpc) is 2.44. The van der Waals surface area contributed by atoms with Crippen molar-refractivity contribution in [2.75, 3.05) is 19.7 Å². The number of nitrogens with one attached hydrogen (secondary N) is 1. The minimum Gasteiger partial charge on any atom is -0.481 e. The van der Waals surface area contributed by atoms with E-state index < -0.39 is 5.97 Å². The molecule has 1 unspecified atom stereocenters. The Labute approximate surface area is 149 Å². The summed E-state index contributed by atoms with van der Waals surface area (Å²) in [5.41, 5.74) is 5.19. The van der Waals surface area contributed by atoms with E-state index in [2.05, 4.69) is 33.0 Å². The van der Waals surface area contributed by atoms with E-state index in [4.69, 9.17) is 20.7 Å². The number of aliphatic carboxylic acids is 1. The molecule has 1 atom stereocenters. The summed E-state index contributed by atoms with van der Waals surface area (Å²) < 4.78 is 0. The number of nitrogens with two attached hydrogens (primary N) is 1. The maximum atomic E-state index is 9.00. The predicted octanol–water partition coefficient (Wildman–Crippen LogP) is 2.24.